The quantitative estimate of drug-likeness (QED) is 0.862. The summed E-state index contributed by atoms with van der Waals surface area (Å²) in [4.78, 5) is 24.2. The maximum Gasteiger partial charge on any atom is 0.224 e. The summed E-state index contributed by atoms with van der Waals surface area (Å²) in [7, 11) is 1.90. The van der Waals surface area contributed by atoms with Crippen molar-refractivity contribution in [3.63, 3.8) is 0 Å². The lowest BCUT2D eigenvalue weighted by Crippen LogP contribution is -2.28. The Morgan fingerprint density at radius 1 is 1.41 bits per heavy atom. The van der Waals surface area contributed by atoms with Crippen LogP contribution in [0, 0.1) is 13.8 Å². The molecule has 0 aliphatic heterocycles. The molecule has 0 bridgehead atoms. The van der Waals surface area contributed by atoms with Crippen molar-refractivity contribution in [1.82, 2.24) is 15.1 Å². The van der Waals surface area contributed by atoms with Crippen LogP contribution in [0.3, 0.4) is 0 Å². The van der Waals surface area contributed by atoms with Crippen LogP contribution in [0.5, 0.6) is 0 Å². The molecular weight excluding hydrogens is 298 g/mol. The lowest BCUT2D eigenvalue weighted by atomic mass is 10.1. The van der Waals surface area contributed by atoms with Crippen molar-refractivity contribution in [2.24, 2.45) is 7.05 Å². The minimum Gasteiger partial charge on any atom is -0.349 e. The summed E-state index contributed by atoms with van der Waals surface area (Å²) >= 11 is 1.38. The summed E-state index contributed by atoms with van der Waals surface area (Å²) < 4.78 is 1.82. The molecule has 2 rings (SSSR count). The molecule has 6 heteroatoms. The Morgan fingerprint density at radius 3 is 2.59 bits per heavy atom. The van der Waals surface area contributed by atoms with Gasteiger partial charge in [0.15, 0.2) is 5.78 Å². The second-order valence-electron chi connectivity index (χ2n) is 5.55. The molecule has 22 heavy (non-hydrogen) atoms. The monoisotopic (exact) mass is 319 g/mol. The summed E-state index contributed by atoms with van der Waals surface area (Å²) in [6.07, 6.45) is 0.284. The van der Waals surface area contributed by atoms with E-state index in [1.54, 1.807) is 6.07 Å². The van der Waals surface area contributed by atoms with Gasteiger partial charge in [-0.05, 0) is 44.7 Å². The Kier molecular flexibility index (Phi) is 4.81. The third kappa shape index (κ3) is 3.44. The van der Waals surface area contributed by atoms with Gasteiger partial charge in [-0.3, -0.25) is 14.3 Å². The zero-order chi connectivity index (χ0) is 16.4. The second-order valence-corrected chi connectivity index (χ2v) is 6.46. The largest absolute Gasteiger partial charge is 0.349 e. The SMILES string of the molecule is CC(=O)c1cc(CC(=O)N[C@@H](C)c2c(C)nn(C)c2C)cs1. The van der Waals surface area contributed by atoms with E-state index in [4.69, 9.17) is 0 Å². The molecule has 0 aliphatic carbocycles. The number of nitrogens with one attached hydrogen (secondary N) is 1. The Morgan fingerprint density at radius 2 is 2.09 bits per heavy atom. The van der Waals surface area contributed by atoms with Crippen molar-refractivity contribution in [2.45, 2.75) is 40.2 Å². The summed E-state index contributed by atoms with van der Waals surface area (Å²) in [5.41, 5.74) is 3.92. The van der Waals surface area contributed by atoms with Crippen LogP contribution in [-0.4, -0.2) is 21.5 Å². The van der Waals surface area contributed by atoms with E-state index >= 15 is 0 Å². The number of carbonyl (C=O) groups is 2. The molecule has 0 aliphatic rings. The van der Waals surface area contributed by atoms with Crippen LogP contribution in [0.2, 0.25) is 0 Å². The molecule has 0 aromatic carbocycles. The Bertz CT molecular complexity index is 715. The number of amides is 1. The molecule has 0 radical (unpaired) electrons. The highest BCUT2D eigenvalue weighted by molar-refractivity contribution is 7.12. The van der Waals surface area contributed by atoms with Gasteiger partial charge in [0.1, 0.15) is 0 Å². The molecule has 5 nitrogen and oxygen atoms in total. The van der Waals surface area contributed by atoms with Crippen LogP contribution in [-0.2, 0) is 18.3 Å². The van der Waals surface area contributed by atoms with E-state index in [0.29, 0.717) is 4.88 Å². The van der Waals surface area contributed by atoms with Crippen molar-refractivity contribution in [1.29, 1.82) is 0 Å². The molecule has 118 valence electrons. The number of nitrogens with zero attached hydrogens (tertiary/aromatic N) is 2. The first-order valence-electron chi connectivity index (χ1n) is 7.17. The zero-order valence-electron chi connectivity index (χ0n) is 13.6. The highest BCUT2D eigenvalue weighted by Crippen LogP contribution is 2.21. The average Bonchev–Trinajstić information content (AvgIpc) is 2.95. The van der Waals surface area contributed by atoms with E-state index in [0.717, 1.165) is 22.5 Å². The highest BCUT2D eigenvalue weighted by Gasteiger charge is 2.18. The number of Topliss-reactive ketones (excluding diaryl/α,β-unsaturated/α-hetero) is 1. The minimum absolute atomic E-state index is 0.0339. The maximum absolute atomic E-state index is 12.2. The van der Waals surface area contributed by atoms with Crippen molar-refractivity contribution in [3.8, 4) is 0 Å². The molecule has 2 heterocycles. The van der Waals surface area contributed by atoms with Gasteiger partial charge in [-0.2, -0.15) is 5.10 Å². The molecule has 1 N–H and O–H groups in total. The molecule has 0 spiro atoms. The van der Waals surface area contributed by atoms with Gasteiger partial charge >= 0.3 is 0 Å². The first kappa shape index (κ1) is 16.4. The lowest BCUT2D eigenvalue weighted by Gasteiger charge is -2.14. The molecule has 0 saturated heterocycles. The number of thiophene rings is 1. The Labute approximate surface area is 134 Å². The fourth-order valence-electron chi connectivity index (χ4n) is 2.62. The van der Waals surface area contributed by atoms with Gasteiger partial charge in [0.25, 0.3) is 0 Å². The normalized spacial score (nSPS) is 12.2. The molecular formula is C16H21N3O2S. The van der Waals surface area contributed by atoms with Gasteiger partial charge in [0, 0.05) is 18.3 Å². The standard InChI is InChI=1S/C16H21N3O2S/c1-9(16-10(2)18-19(5)11(16)3)17-15(21)7-13-6-14(12(4)20)22-8-13/h6,8-9H,7H2,1-5H3,(H,17,21)/t9-/m0/s1. The molecule has 0 unspecified atom stereocenters. The van der Waals surface area contributed by atoms with E-state index in [9.17, 15) is 9.59 Å². The number of rotatable bonds is 5. The lowest BCUT2D eigenvalue weighted by molar-refractivity contribution is -0.121. The number of aryl methyl sites for hydroxylation is 2. The Balaban J connectivity index is 2.03. The number of aromatic nitrogens is 2. The molecule has 1 atom stereocenters. The summed E-state index contributed by atoms with van der Waals surface area (Å²) in [5.74, 6) is -0.0188. The topological polar surface area (TPSA) is 64.0 Å². The van der Waals surface area contributed by atoms with Crippen molar-refractivity contribution in [3.05, 3.63) is 38.8 Å². The van der Waals surface area contributed by atoms with E-state index in [-0.39, 0.29) is 24.2 Å². The van der Waals surface area contributed by atoms with Crippen LogP contribution < -0.4 is 5.32 Å². The van der Waals surface area contributed by atoms with Crippen LogP contribution in [0.4, 0.5) is 0 Å². The number of hydrogen-bond donors (Lipinski definition) is 1. The first-order valence-corrected chi connectivity index (χ1v) is 8.05. The van der Waals surface area contributed by atoms with E-state index in [1.807, 2.05) is 37.9 Å². The van der Waals surface area contributed by atoms with Crippen LogP contribution >= 0.6 is 11.3 Å². The molecule has 2 aromatic rings. The number of hydrogen-bond acceptors (Lipinski definition) is 4. The smallest absolute Gasteiger partial charge is 0.224 e. The van der Waals surface area contributed by atoms with Crippen molar-refractivity contribution in [2.75, 3.05) is 0 Å². The van der Waals surface area contributed by atoms with Gasteiger partial charge in [0.05, 0.1) is 23.0 Å². The van der Waals surface area contributed by atoms with Crippen LogP contribution in [0.25, 0.3) is 0 Å². The fraction of sp³-hybridized carbons (Fsp3) is 0.438. The third-order valence-electron chi connectivity index (χ3n) is 3.74. The fourth-order valence-corrected chi connectivity index (χ4v) is 3.43. The van der Waals surface area contributed by atoms with Crippen molar-refractivity contribution < 1.29 is 9.59 Å². The summed E-state index contributed by atoms with van der Waals surface area (Å²) in [6, 6.07) is 1.70. The highest BCUT2D eigenvalue weighted by atomic mass is 32.1. The molecule has 1 amide bonds. The average molecular weight is 319 g/mol. The molecule has 0 saturated carbocycles. The van der Waals surface area contributed by atoms with Gasteiger partial charge in [-0.1, -0.05) is 0 Å². The van der Waals surface area contributed by atoms with Gasteiger partial charge in [0.2, 0.25) is 5.91 Å². The zero-order valence-corrected chi connectivity index (χ0v) is 14.4. The van der Waals surface area contributed by atoms with Gasteiger partial charge < -0.3 is 5.32 Å². The summed E-state index contributed by atoms with van der Waals surface area (Å²) in [5, 5.41) is 9.24. The predicted octanol–water partition coefficient (Wildman–Crippen LogP) is 2.72. The minimum atomic E-state index is -0.0906. The maximum atomic E-state index is 12.2. The first-order chi connectivity index (χ1) is 10.3. The van der Waals surface area contributed by atoms with E-state index in [1.165, 1.54) is 18.3 Å². The van der Waals surface area contributed by atoms with Gasteiger partial charge in [-0.25, -0.2) is 0 Å². The van der Waals surface area contributed by atoms with E-state index in [2.05, 4.69) is 10.4 Å². The number of carbonyl (C=O) groups excluding carboxylic acids is 2. The van der Waals surface area contributed by atoms with Crippen molar-refractivity contribution >= 4 is 23.0 Å². The predicted molar refractivity (Wildman–Crippen MR) is 87.3 cm³/mol. The van der Waals surface area contributed by atoms with Crippen LogP contribution in [0.1, 0.15) is 52.1 Å². The second kappa shape index (κ2) is 6.44. The summed E-state index contributed by atoms with van der Waals surface area (Å²) in [6.45, 7) is 7.44. The molecule has 2 aromatic heterocycles. The van der Waals surface area contributed by atoms with E-state index < -0.39 is 0 Å². The number of ketones is 1. The van der Waals surface area contributed by atoms with Crippen LogP contribution in [0.15, 0.2) is 11.4 Å². The third-order valence-corrected chi connectivity index (χ3v) is 4.82. The van der Waals surface area contributed by atoms with Gasteiger partial charge in [-0.15, -0.1) is 11.3 Å². The molecule has 0 fully saturated rings. The Hall–Kier alpha value is -1.95.